The van der Waals surface area contributed by atoms with Gasteiger partial charge in [0.1, 0.15) is 6.54 Å². The molecule has 1 saturated heterocycles. The maximum absolute atomic E-state index is 11.5. The Morgan fingerprint density at radius 2 is 1.87 bits per heavy atom. The van der Waals surface area contributed by atoms with Gasteiger partial charge in [-0.1, -0.05) is 0 Å². The molecule has 1 heterocycles. The molecule has 15 heavy (non-hydrogen) atoms. The minimum Gasteiger partial charge on any atom is -0.480 e. The van der Waals surface area contributed by atoms with Crippen molar-refractivity contribution in [1.82, 2.24) is 13.9 Å². The lowest BCUT2D eigenvalue weighted by molar-refractivity contribution is -0.135. The summed E-state index contributed by atoms with van der Waals surface area (Å²) in [7, 11) is -1.71. The molecule has 88 valence electrons. The molecule has 0 aromatic carbocycles. The lowest BCUT2D eigenvalue weighted by Gasteiger charge is -2.31. The Bertz CT molecular complexity index is 321. The Kier molecular flexibility index (Phi) is 4.03. The fourth-order valence-electron chi connectivity index (χ4n) is 1.27. The molecular formula is C7H15N3O4S. The van der Waals surface area contributed by atoms with Gasteiger partial charge in [-0.2, -0.15) is 17.4 Å². The SMILES string of the molecule is CN1CCN(S(=O)(=O)NCC(=O)O)CC1. The normalized spacial score (nSPS) is 20.3. The molecule has 0 aromatic rings. The molecule has 2 N–H and O–H groups in total. The Balaban J connectivity index is 2.50. The molecule has 0 unspecified atom stereocenters. The molecule has 7 nitrogen and oxygen atoms in total. The van der Waals surface area contributed by atoms with E-state index in [1.165, 1.54) is 4.31 Å². The lowest BCUT2D eigenvalue weighted by atomic mass is 10.4. The van der Waals surface area contributed by atoms with Crippen molar-refractivity contribution in [2.45, 2.75) is 0 Å². The van der Waals surface area contributed by atoms with E-state index in [9.17, 15) is 13.2 Å². The number of hydrogen-bond donors (Lipinski definition) is 2. The summed E-state index contributed by atoms with van der Waals surface area (Å²) in [6.45, 7) is 1.54. The van der Waals surface area contributed by atoms with E-state index in [0.29, 0.717) is 26.2 Å². The molecule has 0 aliphatic carbocycles. The zero-order chi connectivity index (χ0) is 11.5. The lowest BCUT2D eigenvalue weighted by Crippen LogP contribution is -2.51. The number of piperazine rings is 1. The molecule has 0 amide bonds. The zero-order valence-corrected chi connectivity index (χ0v) is 9.33. The molecule has 8 heteroatoms. The summed E-state index contributed by atoms with van der Waals surface area (Å²) < 4.78 is 26.3. The van der Waals surface area contributed by atoms with E-state index in [1.54, 1.807) is 0 Å². The fourth-order valence-corrected chi connectivity index (χ4v) is 2.41. The first kappa shape index (κ1) is 12.4. The minimum atomic E-state index is -3.63. The van der Waals surface area contributed by atoms with Crippen LogP contribution in [0.4, 0.5) is 0 Å². The van der Waals surface area contributed by atoms with Crippen LogP contribution in [-0.4, -0.2) is 68.5 Å². The van der Waals surface area contributed by atoms with Gasteiger partial charge in [0.05, 0.1) is 0 Å². The second-order valence-electron chi connectivity index (χ2n) is 3.42. The van der Waals surface area contributed by atoms with E-state index >= 15 is 0 Å². The second-order valence-corrected chi connectivity index (χ2v) is 5.18. The first-order chi connectivity index (χ1) is 6.92. The van der Waals surface area contributed by atoms with Crippen molar-refractivity contribution in [2.75, 3.05) is 39.8 Å². The quantitative estimate of drug-likeness (QED) is 0.599. The zero-order valence-electron chi connectivity index (χ0n) is 8.51. The summed E-state index contributed by atoms with van der Waals surface area (Å²) in [5, 5.41) is 8.36. The van der Waals surface area contributed by atoms with Gasteiger partial charge in [0, 0.05) is 26.2 Å². The van der Waals surface area contributed by atoms with Gasteiger partial charge in [-0.05, 0) is 7.05 Å². The van der Waals surface area contributed by atoms with Gasteiger partial charge in [-0.15, -0.1) is 0 Å². The van der Waals surface area contributed by atoms with Gasteiger partial charge in [0.15, 0.2) is 0 Å². The van der Waals surface area contributed by atoms with Crippen LogP contribution in [0, 0.1) is 0 Å². The highest BCUT2D eigenvalue weighted by atomic mass is 32.2. The molecular weight excluding hydrogens is 222 g/mol. The summed E-state index contributed by atoms with van der Waals surface area (Å²) in [5.74, 6) is -1.19. The predicted octanol–water partition coefficient (Wildman–Crippen LogP) is -1.85. The summed E-state index contributed by atoms with van der Waals surface area (Å²) in [6.07, 6.45) is 0. The Morgan fingerprint density at radius 1 is 1.33 bits per heavy atom. The molecule has 0 bridgehead atoms. The smallest absolute Gasteiger partial charge is 0.318 e. The number of carboxylic acids is 1. The van der Waals surface area contributed by atoms with E-state index in [1.807, 2.05) is 16.7 Å². The summed E-state index contributed by atoms with van der Waals surface area (Å²) in [6, 6.07) is 0. The average molecular weight is 237 g/mol. The van der Waals surface area contributed by atoms with Crippen LogP contribution in [0.1, 0.15) is 0 Å². The van der Waals surface area contributed by atoms with Crippen molar-refractivity contribution >= 4 is 16.2 Å². The monoisotopic (exact) mass is 237 g/mol. The van der Waals surface area contributed by atoms with E-state index in [-0.39, 0.29) is 0 Å². The van der Waals surface area contributed by atoms with Crippen LogP contribution >= 0.6 is 0 Å². The Hall–Kier alpha value is -0.700. The molecule has 0 saturated carbocycles. The van der Waals surface area contributed by atoms with Crippen molar-refractivity contribution in [3.8, 4) is 0 Å². The van der Waals surface area contributed by atoms with Gasteiger partial charge in [-0.25, -0.2) is 0 Å². The van der Waals surface area contributed by atoms with Crippen molar-refractivity contribution < 1.29 is 18.3 Å². The first-order valence-corrected chi connectivity index (χ1v) is 6.01. The largest absolute Gasteiger partial charge is 0.480 e. The number of hydrogen-bond acceptors (Lipinski definition) is 4. The number of rotatable bonds is 4. The molecule has 0 atom stereocenters. The van der Waals surface area contributed by atoms with Gasteiger partial charge in [-0.3, -0.25) is 4.79 Å². The Labute approximate surface area is 88.8 Å². The van der Waals surface area contributed by atoms with Crippen LogP contribution in [-0.2, 0) is 15.0 Å². The summed E-state index contributed by atoms with van der Waals surface area (Å²) in [4.78, 5) is 12.2. The highest BCUT2D eigenvalue weighted by molar-refractivity contribution is 7.87. The van der Waals surface area contributed by atoms with Gasteiger partial charge >= 0.3 is 5.97 Å². The molecule has 1 rings (SSSR count). The number of nitrogens with one attached hydrogen (secondary N) is 1. The summed E-state index contributed by atoms with van der Waals surface area (Å²) >= 11 is 0. The predicted molar refractivity (Wildman–Crippen MR) is 53.6 cm³/mol. The fraction of sp³-hybridized carbons (Fsp3) is 0.857. The maximum atomic E-state index is 11.5. The first-order valence-electron chi connectivity index (χ1n) is 4.57. The van der Waals surface area contributed by atoms with Crippen LogP contribution in [0.3, 0.4) is 0 Å². The minimum absolute atomic E-state index is 0.394. The highest BCUT2D eigenvalue weighted by Gasteiger charge is 2.25. The van der Waals surface area contributed by atoms with Crippen molar-refractivity contribution in [1.29, 1.82) is 0 Å². The molecule has 1 aliphatic rings. The number of nitrogens with zero attached hydrogens (tertiary/aromatic N) is 2. The van der Waals surface area contributed by atoms with Crippen LogP contribution in [0.5, 0.6) is 0 Å². The van der Waals surface area contributed by atoms with E-state index in [0.717, 1.165) is 0 Å². The van der Waals surface area contributed by atoms with Gasteiger partial charge in [0.2, 0.25) is 0 Å². The number of carboxylic acid groups (broad SMARTS) is 1. The summed E-state index contributed by atoms with van der Waals surface area (Å²) in [5.41, 5.74) is 0. The maximum Gasteiger partial charge on any atom is 0.318 e. The van der Waals surface area contributed by atoms with Crippen molar-refractivity contribution in [3.63, 3.8) is 0 Å². The number of carbonyl (C=O) groups is 1. The number of aliphatic carboxylic acids is 1. The standard InChI is InChI=1S/C7H15N3O4S/c1-9-2-4-10(5-3-9)15(13,14)8-6-7(11)12/h8H,2-6H2,1H3,(H,11,12). The van der Waals surface area contributed by atoms with Crippen LogP contribution in [0.15, 0.2) is 0 Å². The third-order valence-corrected chi connectivity index (χ3v) is 3.76. The third kappa shape index (κ3) is 3.74. The topological polar surface area (TPSA) is 90.0 Å². The molecule has 0 radical (unpaired) electrons. The van der Waals surface area contributed by atoms with E-state index < -0.39 is 22.7 Å². The molecule has 1 fully saturated rings. The highest BCUT2D eigenvalue weighted by Crippen LogP contribution is 2.03. The van der Waals surface area contributed by atoms with Crippen LogP contribution < -0.4 is 4.72 Å². The van der Waals surface area contributed by atoms with Gasteiger partial charge < -0.3 is 10.0 Å². The van der Waals surface area contributed by atoms with Crippen LogP contribution in [0.2, 0.25) is 0 Å². The Morgan fingerprint density at radius 3 is 2.33 bits per heavy atom. The molecule has 0 spiro atoms. The van der Waals surface area contributed by atoms with E-state index in [2.05, 4.69) is 0 Å². The van der Waals surface area contributed by atoms with Gasteiger partial charge in [0.25, 0.3) is 10.2 Å². The molecule has 0 aromatic heterocycles. The third-order valence-electron chi connectivity index (χ3n) is 2.21. The average Bonchev–Trinajstić information content (AvgIpc) is 2.16. The molecule has 1 aliphatic heterocycles. The van der Waals surface area contributed by atoms with Crippen molar-refractivity contribution in [3.05, 3.63) is 0 Å². The second kappa shape index (κ2) is 4.88. The van der Waals surface area contributed by atoms with E-state index in [4.69, 9.17) is 5.11 Å². The number of likely N-dealkylation sites (N-methyl/N-ethyl adjacent to an activating group) is 1. The van der Waals surface area contributed by atoms with Crippen molar-refractivity contribution in [2.24, 2.45) is 0 Å². The van der Waals surface area contributed by atoms with Crippen LogP contribution in [0.25, 0.3) is 0 Å².